The number of nitroso groups, excluding NO2 is 1. The van der Waals surface area contributed by atoms with Crippen LogP contribution in [0.25, 0.3) is 16.8 Å². The number of thiophene rings is 1. The van der Waals surface area contributed by atoms with Gasteiger partial charge in [0.25, 0.3) is 0 Å². The number of hydrogen-bond acceptors (Lipinski definition) is 9. The lowest BCUT2D eigenvalue weighted by atomic mass is 9.94. The first-order valence-corrected chi connectivity index (χ1v) is 12.6. The molecule has 0 bridgehead atoms. The van der Waals surface area contributed by atoms with Gasteiger partial charge in [-0.25, -0.2) is 19.2 Å². The van der Waals surface area contributed by atoms with Crippen molar-refractivity contribution in [2.24, 2.45) is 10.4 Å². The fourth-order valence-corrected chi connectivity index (χ4v) is 5.37. The Morgan fingerprint density at radius 3 is 2.74 bits per heavy atom. The number of nitrogens with one attached hydrogen (secondary N) is 3. The first-order chi connectivity index (χ1) is 18.5. The van der Waals surface area contributed by atoms with Crippen molar-refractivity contribution in [1.82, 2.24) is 9.97 Å². The molecule has 39 heavy (non-hydrogen) atoms. The highest BCUT2D eigenvalue weighted by Gasteiger charge is 2.43. The van der Waals surface area contributed by atoms with E-state index in [1.54, 1.807) is 6.08 Å². The number of rotatable bonds is 9. The van der Waals surface area contributed by atoms with E-state index >= 15 is 0 Å². The van der Waals surface area contributed by atoms with Crippen LogP contribution in [0.15, 0.2) is 64.0 Å². The molecule has 0 aliphatic heterocycles. The van der Waals surface area contributed by atoms with Gasteiger partial charge in [0.2, 0.25) is 0 Å². The number of hydrogen-bond donors (Lipinski definition) is 5. The van der Waals surface area contributed by atoms with Crippen molar-refractivity contribution in [3.05, 3.63) is 90.7 Å². The summed E-state index contributed by atoms with van der Waals surface area (Å²) in [5, 5.41) is 36.8. The first-order valence-electron chi connectivity index (χ1n) is 10.9. The Bertz CT molecular complexity index is 1590. The summed E-state index contributed by atoms with van der Waals surface area (Å²) < 4.78 is 14.7. The Balaban J connectivity index is 1.73. The fraction of sp³-hybridized carbons (Fsp3) is 0.125. The molecule has 1 saturated carbocycles. The normalized spacial score (nSPS) is 18.4. The van der Waals surface area contributed by atoms with Crippen molar-refractivity contribution in [3.63, 3.8) is 0 Å². The van der Waals surface area contributed by atoms with Gasteiger partial charge in [0.05, 0.1) is 17.5 Å². The van der Waals surface area contributed by atoms with Crippen LogP contribution in [-0.2, 0) is 5.60 Å². The lowest BCUT2D eigenvalue weighted by molar-refractivity contribution is 0.0697. The van der Waals surface area contributed by atoms with E-state index in [0.29, 0.717) is 27.5 Å². The van der Waals surface area contributed by atoms with E-state index < -0.39 is 22.3 Å². The lowest BCUT2D eigenvalue weighted by Gasteiger charge is -2.21. The predicted octanol–water partition coefficient (Wildman–Crippen LogP) is 6.91. The Kier molecular flexibility index (Phi) is 7.88. The van der Waals surface area contributed by atoms with Crippen molar-refractivity contribution in [1.29, 1.82) is 10.9 Å². The highest BCUT2D eigenvalue weighted by Crippen LogP contribution is 2.47. The van der Waals surface area contributed by atoms with E-state index in [4.69, 9.17) is 39.2 Å². The number of aliphatic hydroxyl groups is 1. The molecule has 11 nitrogen and oxygen atoms in total. The molecule has 3 aromatic rings. The molecule has 1 aromatic carbocycles. The Morgan fingerprint density at radius 1 is 1.38 bits per heavy atom. The third-order valence-electron chi connectivity index (χ3n) is 6.14. The van der Waals surface area contributed by atoms with E-state index in [1.807, 2.05) is 0 Å². The summed E-state index contributed by atoms with van der Waals surface area (Å²) in [6.45, 7) is 4.01. The molecule has 5 N–H and O–H groups in total. The number of aromatic carboxylic acids is 1. The number of aromatic amines is 1. The molecule has 0 saturated heterocycles. The van der Waals surface area contributed by atoms with Gasteiger partial charge in [0.15, 0.2) is 5.82 Å². The maximum absolute atomic E-state index is 14.7. The molecule has 1 atom stereocenters. The second kappa shape index (κ2) is 11.0. The van der Waals surface area contributed by atoms with Crippen LogP contribution >= 0.6 is 34.5 Å². The van der Waals surface area contributed by atoms with Crippen LogP contribution < -0.4 is 5.01 Å². The zero-order valence-electron chi connectivity index (χ0n) is 19.7. The number of benzene rings is 1. The van der Waals surface area contributed by atoms with E-state index in [1.165, 1.54) is 23.6 Å². The molecule has 1 fully saturated rings. The maximum Gasteiger partial charge on any atom is 0.348 e. The number of anilines is 1. The van der Waals surface area contributed by atoms with Crippen molar-refractivity contribution < 1.29 is 19.4 Å². The zero-order chi connectivity index (χ0) is 28.5. The number of imidazole rings is 1. The molecule has 0 radical (unpaired) electrons. The van der Waals surface area contributed by atoms with Crippen LogP contribution in [0.2, 0.25) is 10.2 Å². The summed E-state index contributed by atoms with van der Waals surface area (Å²) >= 11 is 13.1. The van der Waals surface area contributed by atoms with Gasteiger partial charge in [-0.1, -0.05) is 35.0 Å². The molecule has 0 spiro atoms. The monoisotopic (exact) mass is 589 g/mol. The average Bonchev–Trinajstić information content (AvgIpc) is 3.56. The number of aromatic nitrogens is 2. The molecule has 1 unspecified atom stereocenters. The van der Waals surface area contributed by atoms with Gasteiger partial charge in [-0.15, -0.1) is 16.2 Å². The summed E-state index contributed by atoms with van der Waals surface area (Å²) in [5.41, 5.74) is 6.99. The van der Waals surface area contributed by atoms with Crippen LogP contribution in [-0.4, -0.2) is 32.5 Å². The summed E-state index contributed by atoms with van der Waals surface area (Å²) in [4.78, 5) is 29.0. The third-order valence-corrected chi connectivity index (χ3v) is 7.59. The van der Waals surface area contributed by atoms with Crippen LogP contribution in [0.1, 0.15) is 33.9 Å². The minimum atomic E-state index is -1.75. The van der Waals surface area contributed by atoms with Gasteiger partial charge in [-0.3, -0.25) is 5.41 Å². The summed E-state index contributed by atoms with van der Waals surface area (Å²) in [6, 6.07) is 4.56. The molecule has 15 heteroatoms. The Labute approximate surface area is 233 Å². The summed E-state index contributed by atoms with van der Waals surface area (Å²) in [6.07, 6.45) is 3.76. The fourth-order valence-electron chi connectivity index (χ4n) is 4.20. The quantitative estimate of drug-likeness (QED) is 0.0594. The molecule has 1 aliphatic rings. The minimum Gasteiger partial charge on any atom is -0.477 e. The van der Waals surface area contributed by atoms with Crippen molar-refractivity contribution in [3.8, 4) is 11.3 Å². The molecule has 4 rings (SSSR count). The smallest absolute Gasteiger partial charge is 0.348 e. The molecule has 2 aromatic heterocycles. The summed E-state index contributed by atoms with van der Waals surface area (Å²) in [7, 11) is 0. The minimum absolute atomic E-state index is 0.0242. The lowest BCUT2D eigenvalue weighted by Crippen LogP contribution is -2.25. The van der Waals surface area contributed by atoms with Crippen molar-refractivity contribution in [2.75, 3.05) is 5.01 Å². The number of allylic oxidation sites excluding steroid dienone is 2. The largest absolute Gasteiger partial charge is 0.477 e. The Hall–Kier alpha value is -4.04. The average molecular weight is 590 g/mol. The van der Waals surface area contributed by atoms with Crippen LogP contribution in [0.5, 0.6) is 0 Å². The van der Waals surface area contributed by atoms with E-state index in [0.717, 1.165) is 17.5 Å². The first kappa shape index (κ1) is 28.0. The maximum atomic E-state index is 14.7. The second-order valence-corrected chi connectivity index (χ2v) is 9.97. The number of carboxylic acids is 1. The number of carboxylic acid groups (broad SMARTS) is 1. The van der Waals surface area contributed by atoms with Gasteiger partial charge >= 0.3 is 5.97 Å². The molecule has 2 heterocycles. The molecule has 200 valence electrons. The topological polar surface area (TPSA) is 179 Å². The van der Waals surface area contributed by atoms with Gasteiger partial charge in [0.1, 0.15) is 33.5 Å². The van der Waals surface area contributed by atoms with Crippen LogP contribution in [0.4, 0.5) is 10.1 Å². The van der Waals surface area contributed by atoms with Gasteiger partial charge in [0, 0.05) is 21.5 Å². The summed E-state index contributed by atoms with van der Waals surface area (Å²) in [5.74, 6) is -2.44. The number of nitrogens with zero attached hydrogens (tertiary/aromatic N) is 4. The number of H-pyrrole nitrogens is 1. The standard InChI is InChI=1S/C24H18Cl2FN7O4S/c1-11-12(6-13(8-30-38)15-7-14(25)2-3-17(15)34(10-28)33-29)4-5-24(11,37)23-31-19(21(26)32-23)16-9-39-20(18(16)27)22(35)36/h2-3,6-10,28-29,37H,1,4-5H2,(H,31,32)(H,35,36)/b12-6-,13-8+,28-10?,33-29?. The van der Waals surface area contributed by atoms with Gasteiger partial charge in [-0.2, -0.15) is 5.53 Å². The van der Waals surface area contributed by atoms with E-state index in [2.05, 4.69) is 26.9 Å². The number of halogens is 3. The SMILES string of the molecule is C=C1/C(=C\C(=C/N=O)c2cc(Cl)ccc2N(C=N)N=N)CCC1(O)c1nc(-c2csc(C(=O)O)c2F)c(Cl)[nH]1. The highest BCUT2D eigenvalue weighted by atomic mass is 35.5. The Morgan fingerprint density at radius 2 is 2.13 bits per heavy atom. The van der Waals surface area contributed by atoms with Crippen molar-refractivity contribution >= 4 is 58.1 Å². The van der Waals surface area contributed by atoms with Gasteiger partial charge in [-0.05, 0) is 53.4 Å². The van der Waals surface area contributed by atoms with Crippen LogP contribution in [0.3, 0.4) is 0 Å². The zero-order valence-corrected chi connectivity index (χ0v) is 22.0. The third kappa shape index (κ3) is 5.04. The molecule has 0 amide bonds. The molecular weight excluding hydrogens is 572 g/mol. The molecule has 1 aliphatic carbocycles. The van der Waals surface area contributed by atoms with E-state index in [-0.39, 0.29) is 51.9 Å². The molecular formula is C24H18Cl2FN7O4S. The van der Waals surface area contributed by atoms with Gasteiger partial charge < -0.3 is 15.2 Å². The highest BCUT2D eigenvalue weighted by molar-refractivity contribution is 7.12. The van der Waals surface area contributed by atoms with Crippen molar-refractivity contribution in [2.45, 2.75) is 18.4 Å². The van der Waals surface area contributed by atoms with Crippen LogP contribution in [0, 0.1) is 21.7 Å². The number of carbonyl (C=O) groups is 1. The predicted molar refractivity (Wildman–Crippen MR) is 146 cm³/mol. The second-order valence-electron chi connectivity index (χ2n) is 8.28. The van der Waals surface area contributed by atoms with E-state index in [9.17, 15) is 19.2 Å².